The fourth-order valence-electron chi connectivity index (χ4n) is 0.823. The van der Waals surface area contributed by atoms with Gasteiger partial charge < -0.3 is 15.2 Å². The predicted molar refractivity (Wildman–Crippen MR) is 46.2 cm³/mol. The highest BCUT2D eigenvalue weighted by atomic mass is 16.5. The molecular formula is C7H12N4O2. The Morgan fingerprint density at radius 2 is 2.31 bits per heavy atom. The quantitative estimate of drug-likeness (QED) is 0.687. The first-order chi connectivity index (χ1) is 6.13. The average Bonchev–Trinajstić information content (AvgIpc) is 2.49. The molecule has 0 bridgehead atoms. The Hall–Kier alpha value is -1.59. The van der Waals surface area contributed by atoms with Crippen LogP contribution in [0.3, 0.4) is 0 Å². The number of aromatic nitrogens is 2. The number of hydrogen-bond donors (Lipinski definition) is 2. The van der Waals surface area contributed by atoms with Gasteiger partial charge in [0.25, 0.3) is 0 Å². The van der Waals surface area contributed by atoms with Crippen LogP contribution in [0.4, 0.5) is 6.01 Å². The first-order valence-electron chi connectivity index (χ1n) is 3.92. The van der Waals surface area contributed by atoms with Crippen molar-refractivity contribution in [2.24, 2.45) is 0 Å². The second-order valence-corrected chi connectivity index (χ2v) is 2.63. The van der Waals surface area contributed by atoms with Crippen LogP contribution in [-0.4, -0.2) is 29.1 Å². The summed E-state index contributed by atoms with van der Waals surface area (Å²) in [6, 6.07) is -0.126. The van der Waals surface area contributed by atoms with E-state index in [9.17, 15) is 4.79 Å². The van der Waals surface area contributed by atoms with E-state index in [0.29, 0.717) is 5.82 Å². The molecule has 13 heavy (non-hydrogen) atoms. The van der Waals surface area contributed by atoms with Gasteiger partial charge in [-0.15, -0.1) is 0 Å². The van der Waals surface area contributed by atoms with Crippen molar-refractivity contribution in [3.05, 3.63) is 5.82 Å². The lowest BCUT2D eigenvalue weighted by Gasteiger charge is -2.08. The minimum absolute atomic E-state index is 0.129. The number of carbonyl (C=O) groups is 1. The molecular weight excluding hydrogens is 172 g/mol. The highest BCUT2D eigenvalue weighted by Gasteiger charge is 2.13. The third kappa shape index (κ3) is 2.43. The molecule has 0 radical (unpaired) electrons. The fourth-order valence-corrected chi connectivity index (χ4v) is 0.823. The van der Waals surface area contributed by atoms with E-state index in [-0.39, 0.29) is 18.0 Å². The molecule has 72 valence electrons. The molecule has 1 aromatic rings. The van der Waals surface area contributed by atoms with Crippen LogP contribution in [0.25, 0.3) is 0 Å². The molecule has 0 aromatic carbocycles. The fraction of sp³-hybridized carbons (Fsp3) is 0.571. The number of aryl methyl sites for hydroxylation is 1. The zero-order chi connectivity index (χ0) is 9.84. The average molecular weight is 184 g/mol. The number of anilines is 1. The number of nitrogens with zero attached hydrogens (tertiary/aromatic N) is 2. The Kier molecular flexibility index (Phi) is 2.84. The number of likely N-dealkylation sites (N-methyl/N-ethyl adjacent to an activating group) is 1. The number of carbonyl (C=O) groups excluding carboxylic acids is 1. The number of amides is 1. The molecule has 6 heteroatoms. The highest BCUT2D eigenvalue weighted by molar-refractivity contribution is 5.83. The molecule has 0 fully saturated rings. The molecule has 1 amide bonds. The van der Waals surface area contributed by atoms with Gasteiger partial charge in [0.2, 0.25) is 5.91 Å². The minimum atomic E-state index is -0.384. The second-order valence-electron chi connectivity index (χ2n) is 2.63. The van der Waals surface area contributed by atoms with Crippen molar-refractivity contribution in [3.8, 4) is 0 Å². The van der Waals surface area contributed by atoms with Crippen LogP contribution in [0.1, 0.15) is 12.7 Å². The van der Waals surface area contributed by atoms with Gasteiger partial charge in [-0.25, -0.2) is 0 Å². The standard InChI is InChI=1S/C7H12N4O2/c1-4(6(12)8-3)9-7-10-5(2)11-13-7/h4H,1-3H3,(H,8,12)(H,9,10,11). The van der Waals surface area contributed by atoms with Gasteiger partial charge in [0.1, 0.15) is 6.04 Å². The van der Waals surface area contributed by atoms with Crippen molar-refractivity contribution in [1.29, 1.82) is 0 Å². The first kappa shape index (κ1) is 9.50. The Balaban J connectivity index is 2.54. The van der Waals surface area contributed by atoms with Crippen LogP contribution in [0.15, 0.2) is 4.52 Å². The summed E-state index contributed by atoms with van der Waals surface area (Å²) in [6.45, 7) is 3.41. The second kappa shape index (κ2) is 3.88. The number of hydrogen-bond acceptors (Lipinski definition) is 5. The van der Waals surface area contributed by atoms with E-state index in [1.54, 1.807) is 20.9 Å². The summed E-state index contributed by atoms with van der Waals surface area (Å²) in [5.74, 6) is 0.405. The smallest absolute Gasteiger partial charge is 0.322 e. The van der Waals surface area contributed by atoms with Crippen LogP contribution in [-0.2, 0) is 4.79 Å². The van der Waals surface area contributed by atoms with Gasteiger partial charge in [-0.3, -0.25) is 4.79 Å². The van der Waals surface area contributed by atoms with Gasteiger partial charge in [-0.1, -0.05) is 5.16 Å². The van der Waals surface area contributed by atoms with Crippen molar-refractivity contribution in [2.45, 2.75) is 19.9 Å². The summed E-state index contributed by atoms with van der Waals surface area (Å²) in [5, 5.41) is 8.84. The third-order valence-electron chi connectivity index (χ3n) is 1.51. The lowest BCUT2D eigenvalue weighted by molar-refractivity contribution is -0.121. The molecule has 0 spiro atoms. The van der Waals surface area contributed by atoms with Crippen LogP contribution in [0.5, 0.6) is 0 Å². The maximum atomic E-state index is 11.1. The van der Waals surface area contributed by atoms with Gasteiger partial charge in [-0.2, -0.15) is 4.98 Å². The van der Waals surface area contributed by atoms with Crippen LogP contribution < -0.4 is 10.6 Å². The summed E-state index contributed by atoms with van der Waals surface area (Å²) < 4.78 is 4.78. The molecule has 1 atom stereocenters. The molecule has 1 unspecified atom stereocenters. The van der Waals surface area contributed by atoms with E-state index in [1.807, 2.05) is 0 Å². The maximum Gasteiger partial charge on any atom is 0.322 e. The molecule has 0 aliphatic carbocycles. The van der Waals surface area contributed by atoms with Crippen molar-refractivity contribution >= 4 is 11.9 Å². The summed E-state index contributed by atoms with van der Waals surface area (Å²) in [5.41, 5.74) is 0. The van der Waals surface area contributed by atoms with Crippen LogP contribution in [0, 0.1) is 6.92 Å². The van der Waals surface area contributed by atoms with Gasteiger partial charge in [0.15, 0.2) is 5.82 Å². The van der Waals surface area contributed by atoms with Gasteiger partial charge >= 0.3 is 6.01 Å². The molecule has 0 saturated heterocycles. The van der Waals surface area contributed by atoms with E-state index in [1.165, 1.54) is 0 Å². The molecule has 1 heterocycles. The number of nitrogens with one attached hydrogen (secondary N) is 2. The Morgan fingerprint density at radius 3 is 2.77 bits per heavy atom. The van der Waals surface area contributed by atoms with Crippen molar-refractivity contribution < 1.29 is 9.32 Å². The highest BCUT2D eigenvalue weighted by Crippen LogP contribution is 2.03. The Bertz CT molecular complexity index is 296. The monoisotopic (exact) mass is 184 g/mol. The van der Waals surface area contributed by atoms with E-state index in [0.717, 1.165) is 0 Å². The number of rotatable bonds is 3. The molecule has 0 aliphatic heterocycles. The normalized spacial score (nSPS) is 12.2. The SMILES string of the molecule is CNC(=O)C(C)Nc1nc(C)no1. The minimum Gasteiger partial charge on any atom is -0.357 e. The molecule has 2 N–H and O–H groups in total. The van der Waals surface area contributed by atoms with Crippen molar-refractivity contribution in [3.63, 3.8) is 0 Å². The largest absolute Gasteiger partial charge is 0.357 e. The molecule has 0 aliphatic rings. The molecule has 1 rings (SSSR count). The van der Waals surface area contributed by atoms with Gasteiger partial charge in [0, 0.05) is 7.05 Å². The first-order valence-corrected chi connectivity index (χ1v) is 3.92. The van der Waals surface area contributed by atoms with Crippen LogP contribution >= 0.6 is 0 Å². The summed E-state index contributed by atoms with van der Waals surface area (Å²) in [6.07, 6.45) is 0. The topological polar surface area (TPSA) is 80.0 Å². The van der Waals surface area contributed by atoms with E-state index < -0.39 is 0 Å². The molecule has 1 aromatic heterocycles. The zero-order valence-corrected chi connectivity index (χ0v) is 7.79. The van der Waals surface area contributed by atoms with Crippen LogP contribution in [0.2, 0.25) is 0 Å². The van der Waals surface area contributed by atoms with Crippen molar-refractivity contribution in [2.75, 3.05) is 12.4 Å². The summed E-state index contributed by atoms with van der Waals surface area (Å²) in [4.78, 5) is 15.0. The van der Waals surface area contributed by atoms with Gasteiger partial charge in [0.05, 0.1) is 0 Å². The molecule has 6 nitrogen and oxygen atoms in total. The predicted octanol–water partition coefficient (Wildman–Crippen LogP) is -0.0756. The Morgan fingerprint density at radius 1 is 1.62 bits per heavy atom. The lowest BCUT2D eigenvalue weighted by Crippen LogP contribution is -2.35. The summed E-state index contributed by atoms with van der Waals surface area (Å²) in [7, 11) is 1.57. The van der Waals surface area contributed by atoms with E-state index in [4.69, 9.17) is 4.52 Å². The lowest BCUT2D eigenvalue weighted by atomic mass is 10.3. The third-order valence-corrected chi connectivity index (χ3v) is 1.51. The maximum absolute atomic E-state index is 11.1. The van der Waals surface area contributed by atoms with Gasteiger partial charge in [-0.05, 0) is 13.8 Å². The van der Waals surface area contributed by atoms with E-state index >= 15 is 0 Å². The summed E-state index contributed by atoms with van der Waals surface area (Å²) >= 11 is 0. The molecule has 0 saturated carbocycles. The van der Waals surface area contributed by atoms with E-state index in [2.05, 4.69) is 20.8 Å². The van der Waals surface area contributed by atoms with Crippen molar-refractivity contribution in [1.82, 2.24) is 15.5 Å². The zero-order valence-electron chi connectivity index (χ0n) is 7.79. The Labute approximate surface area is 75.7 Å².